The quantitative estimate of drug-likeness (QED) is 0.830. The number of phenols is 2. The van der Waals surface area contributed by atoms with E-state index in [1.807, 2.05) is 0 Å². The van der Waals surface area contributed by atoms with Crippen LogP contribution in [-0.4, -0.2) is 16.0 Å². The summed E-state index contributed by atoms with van der Waals surface area (Å²) in [5, 5.41) is 18.9. The Kier molecular flexibility index (Phi) is 3.92. The second kappa shape index (κ2) is 5.34. The summed E-state index contributed by atoms with van der Waals surface area (Å²) in [5.41, 5.74) is -1.92. The Morgan fingerprint density at radius 2 is 1.80 bits per heavy atom. The van der Waals surface area contributed by atoms with Crippen molar-refractivity contribution in [3.05, 3.63) is 23.3 Å². The molecule has 0 saturated heterocycles. The van der Waals surface area contributed by atoms with Gasteiger partial charge in [-0.2, -0.15) is 13.2 Å². The molecule has 1 aliphatic carbocycles. The van der Waals surface area contributed by atoms with Gasteiger partial charge in [-0.25, -0.2) is 0 Å². The van der Waals surface area contributed by atoms with Crippen molar-refractivity contribution in [1.82, 2.24) is 0 Å². The van der Waals surface area contributed by atoms with Crippen LogP contribution in [0.3, 0.4) is 0 Å². The number of aromatic hydroxyl groups is 2. The molecular weight excluding hydrogens is 273 g/mol. The van der Waals surface area contributed by atoms with Crippen LogP contribution < -0.4 is 0 Å². The molecule has 110 valence electrons. The largest absolute Gasteiger partial charge is 0.507 e. The molecule has 1 saturated carbocycles. The predicted octanol–water partition coefficient (Wildman–Crippen LogP) is 3.88. The summed E-state index contributed by atoms with van der Waals surface area (Å²) < 4.78 is 38.2. The molecule has 0 radical (unpaired) electrons. The Balaban J connectivity index is 2.30. The number of rotatable bonds is 3. The second-order valence-corrected chi connectivity index (χ2v) is 5.13. The average molecular weight is 288 g/mol. The van der Waals surface area contributed by atoms with Crippen molar-refractivity contribution >= 4 is 5.78 Å². The van der Waals surface area contributed by atoms with Gasteiger partial charge in [-0.05, 0) is 18.1 Å². The van der Waals surface area contributed by atoms with Gasteiger partial charge in [-0.1, -0.05) is 25.7 Å². The Bertz CT molecular complexity index is 517. The van der Waals surface area contributed by atoms with Crippen LogP contribution in [0.25, 0.3) is 0 Å². The van der Waals surface area contributed by atoms with Crippen molar-refractivity contribution in [3.8, 4) is 11.5 Å². The Morgan fingerprint density at radius 3 is 2.35 bits per heavy atom. The highest BCUT2D eigenvalue weighted by molar-refractivity contribution is 5.99. The number of hydrogen-bond donors (Lipinski definition) is 2. The number of ketones is 1. The lowest BCUT2D eigenvalue weighted by molar-refractivity contribution is -0.140. The van der Waals surface area contributed by atoms with Gasteiger partial charge >= 0.3 is 6.18 Å². The van der Waals surface area contributed by atoms with Gasteiger partial charge in [0.1, 0.15) is 17.1 Å². The van der Waals surface area contributed by atoms with Crippen LogP contribution in [0.4, 0.5) is 13.2 Å². The van der Waals surface area contributed by atoms with Gasteiger partial charge in [-0.15, -0.1) is 0 Å². The zero-order valence-electron chi connectivity index (χ0n) is 10.7. The molecule has 0 aliphatic heterocycles. The third-order valence-corrected chi connectivity index (χ3v) is 3.69. The Hall–Kier alpha value is -1.72. The number of carbonyl (C=O) groups excluding carboxylic acids is 1. The zero-order valence-corrected chi connectivity index (χ0v) is 10.7. The minimum absolute atomic E-state index is 0.135. The first-order chi connectivity index (χ1) is 9.30. The number of halogens is 3. The average Bonchev–Trinajstić information content (AvgIpc) is 2.79. The molecule has 1 aliphatic rings. The molecule has 6 heteroatoms. The first-order valence-electron chi connectivity index (χ1n) is 6.46. The van der Waals surface area contributed by atoms with E-state index in [-0.39, 0.29) is 17.9 Å². The van der Waals surface area contributed by atoms with Gasteiger partial charge < -0.3 is 10.2 Å². The number of phenolic OH excluding ortho intramolecular Hbond substituents is 2. The van der Waals surface area contributed by atoms with Gasteiger partial charge in [0.2, 0.25) is 0 Å². The molecule has 0 bridgehead atoms. The van der Waals surface area contributed by atoms with Crippen molar-refractivity contribution in [1.29, 1.82) is 0 Å². The van der Waals surface area contributed by atoms with Crippen LogP contribution in [0, 0.1) is 5.92 Å². The molecular formula is C14H15F3O3. The van der Waals surface area contributed by atoms with E-state index in [0.29, 0.717) is 0 Å². The van der Waals surface area contributed by atoms with E-state index in [0.717, 1.165) is 37.8 Å². The van der Waals surface area contributed by atoms with Crippen LogP contribution in [0.15, 0.2) is 12.1 Å². The summed E-state index contributed by atoms with van der Waals surface area (Å²) in [5.74, 6) is -2.60. The Morgan fingerprint density at radius 1 is 1.20 bits per heavy atom. The maximum Gasteiger partial charge on any atom is 0.423 e. The van der Waals surface area contributed by atoms with Crippen LogP contribution in [0.2, 0.25) is 0 Å². The van der Waals surface area contributed by atoms with Crippen molar-refractivity contribution in [3.63, 3.8) is 0 Å². The fourth-order valence-corrected chi connectivity index (χ4v) is 2.67. The number of alkyl halides is 3. The highest BCUT2D eigenvalue weighted by Crippen LogP contribution is 2.43. The summed E-state index contributed by atoms with van der Waals surface area (Å²) in [6.45, 7) is 0. The molecule has 0 aromatic heterocycles. The molecule has 0 amide bonds. The van der Waals surface area contributed by atoms with Crippen LogP contribution >= 0.6 is 0 Å². The summed E-state index contributed by atoms with van der Waals surface area (Å²) in [4.78, 5) is 12.0. The number of hydrogen-bond acceptors (Lipinski definition) is 3. The SMILES string of the molecule is O=C(CC1CCCC1)c1ccc(O)c(C(F)(F)F)c1O. The molecule has 1 fully saturated rings. The lowest BCUT2D eigenvalue weighted by Gasteiger charge is -2.14. The van der Waals surface area contributed by atoms with Gasteiger partial charge in [-0.3, -0.25) is 4.79 Å². The minimum atomic E-state index is -4.90. The van der Waals surface area contributed by atoms with E-state index in [9.17, 15) is 28.2 Å². The van der Waals surface area contributed by atoms with Gasteiger partial charge in [0, 0.05) is 6.42 Å². The van der Waals surface area contributed by atoms with E-state index in [1.165, 1.54) is 0 Å². The molecule has 0 spiro atoms. The van der Waals surface area contributed by atoms with Gasteiger partial charge in [0.05, 0.1) is 5.56 Å². The molecule has 2 N–H and O–H groups in total. The van der Waals surface area contributed by atoms with E-state index < -0.39 is 29.0 Å². The first-order valence-corrected chi connectivity index (χ1v) is 6.46. The normalized spacial score (nSPS) is 16.6. The monoisotopic (exact) mass is 288 g/mol. The summed E-state index contributed by atoms with van der Waals surface area (Å²) in [7, 11) is 0. The highest BCUT2D eigenvalue weighted by atomic mass is 19.4. The molecule has 20 heavy (non-hydrogen) atoms. The van der Waals surface area contributed by atoms with E-state index >= 15 is 0 Å². The van der Waals surface area contributed by atoms with Gasteiger partial charge in [0.25, 0.3) is 0 Å². The fourth-order valence-electron chi connectivity index (χ4n) is 2.67. The fraction of sp³-hybridized carbons (Fsp3) is 0.500. The lowest BCUT2D eigenvalue weighted by Crippen LogP contribution is -2.11. The standard InChI is InChI=1S/C14H15F3O3/c15-14(16,17)12-10(18)6-5-9(13(12)20)11(19)7-8-3-1-2-4-8/h5-6,8,18,20H,1-4,7H2. The van der Waals surface area contributed by atoms with Crippen molar-refractivity contribution in [2.24, 2.45) is 5.92 Å². The number of carbonyl (C=O) groups is 1. The topological polar surface area (TPSA) is 57.5 Å². The third-order valence-electron chi connectivity index (χ3n) is 3.69. The maximum absolute atomic E-state index is 12.7. The van der Waals surface area contributed by atoms with Crippen molar-refractivity contribution in [2.75, 3.05) is 0 Å². The zero-order chi connectivity index (χ0) is 14.9. The molecule has 1 aromatic rings. The van der Waals surface area contributed by atoms with E-state index in [2.05, 4.69) is 0 Å². The molecule has 3 nitrogen and oxygen atoms in total. The van der Waals surface area contributed by atoms with Crippen molar-refractivity contribution in [2.45, 2.75) is 38.3 Å². The summed E-state index contributed by atoms with van der Waals surface area (Å²) in [6.07, 6.45) is -0.957. The van der Waals surface area contributed by atoms with Crippen molar-refractivity contribution < 1.29 is 28.2 Å². The molecule has 0 heterocycles. The summed E-state index contributed by atoms with van der Waals surface area (Å²) >= 11 is 0. The van der Waals surface area contributed by atoms with Gasteiger partial charge in [0.15, 0.2) is 5.78 Å². The second-order valence-electron chi connectivity index (χ2n) is 5.13. The first kappa shape index (κ1) is 14.7. The summed E-state index contributed by atoms with van der Waals surface area (Å²) in [6, 6.07) is 1.83. The smallest absolute Gasteiger partial charge is 0.423 e. The molecule has 1 aromatic carbocycles. The minimum Gasteiger partial charge on any atom is -0.507 e. The molecule has 0 atom stereocenters. The Labute approximate surface area is 114 Å². The van der Waals surface area contributed by atoms with E-state index in [1.54, 1.807) is 0 Å². The third kappa shape index (κ3) is 2.89. The predicted molar refractivity (Wildman–Crippen MR) is 65.7 cm³/mol. The number of benzene rings is 1. The van der Waals surface area contributed by atoms with E-state index in [4.69, 9.17) is 0 Å². The van der Waals surface area contributed by atoms with Crippen LogP contribution in [-0.2, 0) is 6.18 Å². The van der Waals surface area contributed by atoms with Crippen LogP contribution in [0.1, 0.15) is 48.0 Å². The molecule has 0 unspecified atom stereocenters. The van der Waals surface area contributed by atoms with Crippen LogP contribution in [0.5, 0.6) is 11.5 Å². The lowest BCUT2D eigenvalue weighted by atomic mass is 9.95. The molecule has 2 rings (SSSR count). The maximum atomic E-state index is 12.7. The number of Topliss-reactive ketones (excluding diaryl/α,β-unsaturated/α-hetero) is 1. The highest BCUT2D eigenvalue weighted by Gasteiger charge is 2.39.